The van der Waals surface area contributed by atoms with Gasteiger partial charge in [0.2, 0.25) is 6.20 Å². The summed E-state index contributed by atoms with van der Waals surface area (Å²) in [6.07, 6.45) is 4.08. The van der Waals surface area contributed by atoms with Crippen LogP contribution >= 0.6 is 0 Å². The Balaban J connectivity index is 2.45. The number of nitroso groups, excluding NO2 is 1. The molecule has 1 saturated heterocycles. The zero-order chi connectivity index (χ0) is 9.42. The number of amides is 2. The fourth-order valence-electron chi connectivity index (χ4n) is 1.26. The number of hydrogen-bond acceptors (Lipinski definition) is 3. The van der Waals surface area contributed by atoms with Crippen molar-refractivity contribution in [2.45, 2.75) is 6.04 Å². The smallest absolute Gasteiger partial charge is 0.267 e. The first-order valence-electron chi connectivity index (χ1n) is 3.64. The molecule has 1 fully saturated rings. The zero-order valence-corrected chi connectivity index (χ0v) is 6.48. The molecule has 0 aromatic rings. The quantitative estimate of drug-likeness (QED) is 0.457. The number of nitrogens with zero attached hydrogens (tertiary/aromatic N) is 1. The predicted octanol–water partition coefficient (Wildman–Crippen LogP) is -1.25. The van der Waals surface area contributed by atoms with Crippen molar-refractivity contribution < 1.29 is 14.3 Å². The Morgan fingerprint density at radius 1 is 1.31 bits per heavy atom. The standard InChI is InChI=1S/C7H5N3O3/c11-6-4-2-1-3-10(13)5(4)7(12)9-8-6/h1-3,5H,(H-,8,9,11,12,13)/p+1. The van der Waals surface area contributed by atoms with Gasteiger partial charge >= 0.3 is 11.9 Å². The maximum Gasteiger partial charge on any atom is 0.317 e. The predicted molar refractivity (Wildman–Crippen MR) is 40.9 cm³/mol. The Hall–Kier alpha value is -1.98. The minimum atomic E-state index is -1.04. The van der Waals surface area contributed by atoms with Crippen LogP contribution in [0.4, 0.5) is 0 Å². The molecule has 0 radical (unpaired) electrons. The number of allylic oxidation sites excluding steroid dienone is 2. The molecule has 6 heteroatoms. The Morgan fingerprint density at radius 3 is 2.77 bits per heavy atom. The highest BCUT2D eigenvalue weighted by Gasteiger charge is 2.44. The average Bonchev–Trinajstić information content (AvgIpc) is 2.12. The molecule has 2 N–H and O–H groups in total. The van der Waals surface area contributed by atoms with E-state index in [2.05, 4.69) is 10.9 Å². The van der Waals surface area contributed by atoms with Gasteiger partial charge in [-0.2, -0.15) is 0 Å². The van der Waals surface area contributed by atoms with Crippen LogP contribution < -0.4 is 10.9 Å². The molecule has 0 bridgehead atoms. The Morgan fingerprint density at radius 2 is 2.08 bits per heavy atom. The van der Waals surface area contributed by atoms with E-state index in [1.165, 1.54) is 18.4 Å². The molecule has 2 aliphatic rings. The molecule has 0 aromatic heterocycles. The van der Waals surface area contributed by atoms with E-state index in [9.17, 15) is 14.5 Å². The van der Waals surface area contributed by atoms with E-state index in [1.807, 2.05) is 0 Å². The van der Waals surface area contributed by atoms with Crippen LogP contribution in [0, 0.1) is 4.91 Å². The second-order valence-electron chi connectivity index (χ2n) is 2.67. The van der Waals surface area contributed by atoms with Crippen LogP contribution in [0.5, 0.6) is 0 Å². The van der Waals surface area contributed by atoms with Crippen molar-refractivity contribution in [3.8, 4) is 0 Å². The maximum absolute atomic E-state index is 11.1. The third kappa shape index (κ3) is 1.03. The van der Waals surface area contributed by atoms with Crippen molar-refractivity contribution in [3.63, 3.8) is 0 Å². The highest BCUT2D eigenvalue weighted by Crippen LogP contribution is 2.14. The van der Waals surface area contributed by atoms with Gasteiger partial charge in [-0.1, -0.05) is 0 Å². The van der Waals surface area contributed by atoms with Crippen molar-refractivity contribution in [2.24, 2.45) is 0 Å². The Kier molecular flexibility index (Phi) is 1.48. The summed E-state index contributed by atoms with van der Waals surface area (Å²) in [5, 5.41) is 0. The van der Waals surface area contributed by atoms with Crippen molar-refractivity contribution >= 4 is 11.8 Å². The summed E-state index contributed by atoms with van der Waals surface area (Å²) in [5.74, 6) is -0.972. The van der Waals surface area contributed by atoms with Gasteiger partial charge in [0.15, 0.2) is 0 Å². The number of hydrazine groups is 1. The van der Waals surface area contributed by atoms with E-state index in [0.717, 1.165) is 0 Å². The summed E-state index contributed by atoms with van der Waals surface area (Å²) in [4.78, 5) is 33.4. The number of hydrogen-bond donors (Lipinski definition) is 2. The topological polar surface area (TPSA) is 78.3 Å². The summed E-state index contributed by atoms with van der Waals surface area (Å²) in [6.45, 7) is 0. The van der Waals surface area contributed by atoms with E-state index < -0.39 is 17.9 Å². The van der Waals surface area contributed by atoms with Crippen LogP contribution in [-0.4, -0.2) is 22.6 Å². The van der Waals surface area contributed by atoms with Crippen molar-refractivity contribution in [2.75, 3.05) is 0 Å². The van der Waals surface area contributed by atoms with Crippen molar-refractivity contribution in [3.05, 3.63) is 28.8 Å². The van der Waals surface area contributed by atoms with Crippen LogP contribution in [0.2, 0.25) is 0 Å². The fraction of sp³-hybridized carbons (Fsp3) is 0.143. The van der Waals surface area contributed by atoms with Gasteiger partial charge < -0.3 is 0 Å². The fourth-order valence-corrected chi connectivity index (χ4v) is 1.26. The second-order valence-corrected chi connectivity index (χ2v) is 2.67. The SMILES string of the molecule is O=C1NNC(=O)C2C1=CC=C[N+]2=O. The van der Waals surface area contributed by atoms with Gasteiger partial charge in [0.05, 0.1) is 0 Å². The lowest BCUT2D eigenvalue weighted by Gasteiger charge is -2.19. The number of carbonyl (C=O) groups is 2. The summed E-state index contributed by atoms with van der Waals surface area (Å²) in [5.41, 5.74) is 4.42. The molecule has 6 nitrogen and oxygen atoms in total. The molecular weight excluding hydrogens is 174 g/mol. The minimum Gasteiger partial charge on any atom is -0.267 e. The van der Waals surface area contributed by atoms with Crippen LogP contribution in [0.3, 0.4) is 0 Å². The Labute approximate surface area is 72.8 Å². The average molecular weight is 180 g/mol. The molecule has 0 spiro atoms. The largest absolute Gasteiger partial charge is 0.317 e. The lowest BCUT2D eigenvalue weighted by molar-refractivity contribution is -0.498. The first-order valence-corrected chi connectivity index (χ1v) is 3.64. The van der Waals surface area contributed by atoms with Crippen LogP contribution in [-0.2, 0) is 9.59 Å². The third-order valence-corrected chi connectivity index (χ3v) is 1.87. The van der Waals surface area contributed by atoms with Gasteiger partial charge in [0, 0.05) is 15.7 Å². The van der Waals surface area contributed by atoms with Gasteiger partial charge in [0.1, 0.15) is 5.57 Å². The summed E-state index contributed by atoms with van der Waals surface area (Å²) in [6, 6.07) is -1.04. The summed E-state index contributed by atoms with van der Waals surface area (Å²) >= 11 is 0. The lowest BCUT2D eigenvalue weighted by Crippen LogP contribution is -2.57. The molecule has 2 amide bonds. The number of nitrogens with one attached hydrogen (secondary N) is 2. The molecule has 0 aliphatic carbocycles. The van der Waals surface area contributed by atoms with E-state index in [-0.39, 0.29) is 5.57 Å². The third-order valence-electron chi connectivity index (χ3n) is 1.87. The van der Waals surface area contributed by atoms with E-state index in [1.54, 1.807) is 0 Å². The first kappa shape index (κ1) is 7.66. The molecule has 2 aliphatic heterocycles. The molecule has 1 unspecified atom stereocenters. The van der Waals surface area contributed by atoms with Crippen LogP contribution in [0.15, 0.2) is 23.9 Å². The number of carbonyl (C=O) groups excluding carboxylic acids is 2. The minimum absolute atomic E-state index is 0.168. The normalized spacial score (nSPS) is 26.0. The molecule has 0 aromatic carbocycles. The highest BCUT2D eigenvalue weighted by atomic mass is 16.3. The molecule has 2 rings (SSSR count). The van der Waals surface area contributed by atoms with E-state index in [0.29, 0.717) is 4.76 Å². The van der Waals surface area contributed by atoms with Crippen LogP contribution in [0.25, 0.3) is 0 Å². The molecule has 1 atom stereocenters. The van der Waals surface area contributed by atoms with Crippen molar-refractivity contribution in [1.29, 1.82) is 0 Å². The van der Waals surface area contributed by atoms with E-state index >= 15 is 0 Å². The summed E-state index contributed by atoms with van der Waals surface area (Å²) in [7, 11) is 0. The molecule has 2 heterocycles. The van der Waals surface area contributed by atoms with E-state index in [4.69, 9.17) is 0 Å². The molecule has 13 heavy (non-hydrogen) atoms. The van der Waals surface area contributed by atoms with Crippen molar-refractivity contribution in [1.82, 2.24) is 10.9 Å². The zero-order valence-electron chi connectivity index (χ0n) is 6.48. The molecule has 0 saturated carbocycles. The first-order chi connectivity index (χ1) is 6.20. The lowest BCUT2D eigenvalue weighted by atomic mass is 10.0. The molecule has 66 valence electrons. The highest BCUT2D eigenvalue weighted by molar-refractivity contribution is 6.05. The molecular formula is C7H6N3O3+. The Bertz CT molecular complexity index is 369. The van der Waals surface area contributed by atoms with Gasteiger partial charge in [0.25, 0.3) is 5.91 Å². The second kappa shape index (κ2) is 2.51. The maximum atomic E-state index is 11.1. The van der Waals surface area contributed by atoms with Gasteiger partial charge in [-0.3, -0.25) is 20.4 Å². The van der Waals surface area contributed by atoms with Gasteiger partial charge in [-0.25, -0.2) is 0 Å². The van der Waals surface area contributed by atoms with Gasteiger partial charge in [-0.05, 0) is 6.08 Å². The number of rotatable bonds is 0. The van der Waals surface area contributed by atoms with Gasteiger partial charge in [-0.15, -0.1) is 0 Å². The number of fused-ring (bicyclic) bond motifs is 1. The monoisotopic (exact) mass is 180 g/mol. The van der Waals surface area contributed by atoms with Crippen LogP contribution in [0.1, 0.15) is 0 Å². The summed E-state index contributed by atoms with van der Waals surface area (Å²) < 4.78 is 0.448.